The number of halogens is 1. The predicted octanol–water partition coefficient (Wildman–Crippen LogP) is 3.02. The third kappa shape index (κ3) is 7.04. The van der Waals surface area contributed by atoms with Gasteiger partial charge in [-0.1, -0.05) is 23.7 Å². The molecule has 9 heteroatoms. The van der Waals surface area contributed by atoms with Crippen LogP contribution in [0.2, 0.25) is 5.02 Å². The van der Waals surface area contributed by atoms with Gasteiger partial charge in [-0.25, -0.2) is 9.59 Å². The molecule has 1 amide bonds. The van der Waals surface area contributed by atoms with Crippen LogP contribution in [-0.4, -0.2) is 45.8 Å². The third-order valence-electron chi connectivity index (χ3n) is 4.08. The molecule has 0 aliphatic carbocycles. The highest BCUT2D eigenvalue weighted by Crippen LogP contribution is 2.36. The lowest BCUT2D eigenvalue weighted by molar-refractivity contribution is -0.143. The number of hydrogen-bond acceptors (Lipinski definition) is 7. The van der Waals surface area contributed by atoms with Crippen LogP contribution in [0.15, 0.2) is 42.5 Å². The van der Waals surface area contributed by atoms with Gasteiger partial charge in [-0.2, -0.15) is 0 Å². The number of methoxy groups -OCH3 is 3. The first-order valence-corrected chi connectivity index (χ1v) is 9.46. The minimum absolute atomic E-state index is 0.220. The summed E-state index contributed by atoms with van der Waals surface area (Å²) in [6.07, 6.45) is 2.66. The molecule has 0 bridgehead atoms. The van der Waals surface area contributed by atoms with Gasteiger partial charge < -0.3 is 24.3 Å². The van der Waals surface area contributed by atoms with Gasteiger partial charge in [-0.05, 0) is 41.5 Å². The zero-order valence-electron chi connectivity index (χ0n) is 17.3. The van der Waals surface area contributed by atoms with Gasteiger partial charge in [0, 0.05) is 12.6 Å². The van der Waals surface area contributed by atoms with Crippen LogP contribution in [0.25, 0.3) is 6.08 Å². The zero-order valence-corrected chi connectivity index (χ0v) is 18.0. The van der Waals surface area contributed by atoms with E-state index in [9.17, 15) is 14.4 Å². The molecule has 0 unspecified atom stereocenters. The van der Waals surface area contributed by atoms with Crippen LogP contribution in [-0.2, 0) is 25.6 Å². The van der Waals surface area contributed by atoms with Gasteiger partial charge in [0.1, 0.15) is 0 Å². The molecule has 0 radical (unpaired) electrons. The summed E-state index contributed by atoms with van der Waals surface area (Å²) >= 11 is 6.12. The molecule has 8 nitrogen and oxygen atoms in total. The molecule has 164 valence electrons. The molecule has 0 saturated heterocycles. The van der Waals surface area contributed by atoms with Crippen molar-refractivity contribution in [3.05, 3.63) is 64.2 Å². The van der Waals surface area contributed by atoms with Gasteiger partial charge in [0.05, 0.1) is 31.9 Å². The Morgan fingerprint density at radius 2 is 1.74 bits per heavy atom. The molecular formula is C22H22ClNO7. The van der Waals surface area contributed by atoms with E-state index in [0.717, 1.165) is 5.56 Å². The van der Waals surface area contributed by atoms with Crippen molar-refractivity contribution in [2.45, 2.75) is 6.54 Å². The fourth-order valence-corrected chi connectivity index (χ4v) is 2.81. The topological polar surface area (TPSA) is 100 Å². The number of esters is 2. The first-order chi connectivity index (χ1) is 14.9. The van der Waals surface area contributed by atoms with E-state index in [-0.39, 0.29) is 6.54 Å². The summed E-state index contributed by atoms with van der Waals surface area (Å²) in [5.41, 5.74) is 1.78. The van der Waals surface area contributed by atoms with Crippen molar-refractivity contribution < 1.29 is 33.3 Å². The average Bonchev–Trinajstić information content (AvgIpc) is 2.79. The molecule has 2 rings (SSSR count). The van der Waals surface area contributed by atoms with E-state index in [1.54, 1.807) is 36.4 Å². The van der Waals surface area contributed by atoms with Crippen molar-refractivity contribution in [3.63, 3.8) is 0 Å². The zero-order chi connectivity index (χ0) is 22.8. The molecule has 0 heterocycles. The Hall–Kier alpha value is -3.52. The summed E-state index contributed by atoms with van der Waals surface area (Å²) in [7, 11) is 4.25. The number of carbonyl (C=O) groups is 3. The maximum Gasteiger partial charge on any atom is 0.337 e. The number of nitrogens with one attached hydrogen (secondary N) is 1. The summed E-state index contributed by atoms with van der Waals surface area (Å²) in [5, 5.41) is 2.95. The Kier molecular flexibility index (Phi) is 8.90. The van der Waals surface area contributed by atoms with E-state index < -0.39 is 24.5 Å². The molecule has 1 N–H and O–H groups in total. The van der Waals surface area contributed by atoms with Crippen LogP contribution in [0.1, 0.15) is 21.5 Å². The molecule has 2 aromatic rings. The minimum atomic E-state index is -0.691. The van der Waals surface area contributed by atoms with E-state index >= 15 is 0 Å². The van der Waals surface area contributed by atoms with Crippen LogP contribution in [0.4, 0.5) is 0 Å². The number of hydrogen-bond donors (Lipinski definition) is 1. The van der Waals surface area contributed by atoms with Crippen molar-refractivity contribution in [3.8, 4) is 11.5 Å². The van der Waals surface area contributed by atoms with Crippen LogP contribution >= 0.6 is 11.6 Å². The smallest absolute Gasteiger partial charge is 0.337 e. The second-order valence-electron chi connectivity index (χ2n) is 6.14. The molecular weight excluding hydrogens is 426 g/mol. The SMILES string of the molecule is COC(=O)c1ccc(CNC(=O)COC(=O)/C=C/c2cc(Cl)c(OC)c(OC)c2)cc1. The fourth-order valence-electron chi connectivity index (χ4n) is 2.51. The van der Waals surface area contributed by atoms with Crippen molar-refractivity contribution in [2.24, 2.45) is 0 Å². The molecule has 0 aliphatic heterocycles. The van der Waals surface area contributed by atoms with Crippen LogP contribution in [0.5, 0.6) is 11.5 Å². The molecule has 0 aliphatic rings. The summed E-state index contributed by atoms with van der Waals surface area (Å²) in [5.74, 6) is -0.787. The number of rotatable bonds is 9. The van der Waals surface area contributed by atoms with Gasteiger partial charge >= 0.3 is 11.9 Å². The van der Waals surface area contributed by atoms with Gasteiger partial charge in [-0.15, -0.1) is 0 Å². The lowest BCUT2D eigenvalue weighted by atomic mass is 10.1. The van der Waals surface area contributed by atoms with Gasteiger partial charge in [0.2, 0.25) is 0 Å². The molecule has 0 saturated carbocycles. The number of ether oxygens (including phenoxy) is 4. The first kappa shape index (κ1) is 23.8. The Morgan fingerprint density at radius 1 is 1.03 bits per heavy atom. The summed E-state index contributed by atoms with van der Waals surface area (Å²) in [6.45, 7) is -0.214. The maximum absolute atomic E-state index is 11.9. The highest BCUT2D eigenvalue weighted by atomic mass is 35.5. The van der Waals surface area contributed by atoms with Crippen LogP contribution in [0, 0.1) is 0 Å². The molecule has 0 atom stereocenters. The van der Waals surface area contributed by atoms with Gasteiger partial charge in [-0.3, -0.25) is 4.79 Å². The molecule has 31 heavy (non-hydrogen) atoms. The predicted molar refractivity (Wildman–Crippen MR) is 114 cm³/mol. The Bertz CT molecular complexity index is 971. The van der Waals surface area contributed by atoms with Crippen LogP contribution < -0.4 is 14.8 Å². The van der Waals surface area contributed by atoms with Crippen molar-refractivity contribution in [2.75, 3.05) is 27.9 Å². The molecule has 0 spiro atoms. The van der Waals surface area contributed by atoms with Gasteiger partial charge in [0.15, 0.2) is 18.1 Å². The summed E-state index contributed by atoms with van der Waals surface area (Å²) in [6, 6.07) is 9.82. The number of carbonyl (C=O) groups excluding carboxylic acids is 3. The molecule has 2 aromatic carbocycles. The Labute approximate surface area is 184 Å². The maximum atomic E-state index is 11.9. The van der Waals surface area contributed by atoms with Crippen molar-refractivity contribution in [1.82, 2.24) is 5.32 Å². The van der Waals surface area contributed by atoms with Gasteiger partial charge in [0.25, 0.3) is 5.91 Å². The Balaban J connectivity index is 1.82. The Morgan fingerprint density at radius 3 is 2.35 bits per heavy atom. The summed E-state index contributed by atoms with van der Waals surface area (Å²) in [4.78, 5) is 35.1. The second-order valence-corrected chi connectivity index (χ2v) is 6.55. The average molecular weight is 448 g/mol. The summed E-state index contributed by atoms with van der Waals surface area (Å²) < 4.78 is 19.9. The molecule has 0 fully saturated rings. The largest absolute Gasteiger partial charge is 0.493 e. The fraction of sp³-hybridized carbons (Fsp3) is 0.227. The minimum Gasteiger partial charge on any atom is -0.493 e. The van der Waals surface area contributed by atoms with E-state index in [0.29, 0.717) is 27.6 Å². The van der Waals surface area contributed by atoms with E-state index in [2.05, 4.69) is 10.1 Å². The number of benzene rings is 2. The third-order valence-corrected chi connectivity index (χ3v) is 4.36. The molecule has 0 aromatic heterocycles. The van der Waals surface area contributed by atoms with Crippen molar-refractivity contribution in [1.29, 1.82) is 0 Å². The highest BCUT2D eigenvalue weighted by molar-refractivity contribution is 6.32. The van der Waals surface area contributed by atoms with E-state index in [1.807, 2.05) is 0 Å². The van der Waals surface area contributed by atoms with Crippen molar-refractivity contribution >= 4 is 35.5 Å². The quantitative estimate of drug-likeness (QED) is 0.465. The number of amides is 1. The normalized spacial score (nSPS) is 10.5. The monoisotopic (exact) mass is 447 g/mol. The van der Waals surface area contributed by atoms with E-state index in [1.165, 1.54) is 33.5 Å². The van der Waals surface area contributed by atoms with E-state index in [4.69, 9.17) is 25.8 Å². The standard InChI is InChI=1S/C22H22ClNO7/c1-28-18-11-15(10-17(23)21(18)29-2)6-9-20(26)31-13-19(25)24-12-14-4-7-16(8-5-14)22(27)30-3/h4-11H,12-13H2,1-3H3,(H,24,25)/b9-6+. The first-order valence-electron chi connectivity index (χ1n) is 9.08. The highest BCUT2D eigenvalue weighted by Gasteiger charge is 2.11. The lowest BCUT2D eigenvalue weighted by Gasteiger charge is -2.10. The lowest BCUT2D eigenvalue weighted by Crippen LogP contribution is -2.28. The second kappa shape index (κ2) is 11.6. The van der Waals surface area contributed by atoms with Crippen LogP contribution in [0.3, 0.4) is 0 Å².